The van der Waals surface area contributed by atoms with Crippen molar-refractivity contribution in [1.82, 2.24) is 34.4 Å². The molecule has 0 aromatic carbocycles. The van der Waals surface area contributed by atoms with Gasteiger partial charge in [-0.05, 0) is 43.5 Å². The van der Waals surface area contributed by atoms with E-state index in [4.69, 9.17) is 4.74 Å². The number of halogens is 1. The molecular weight excluding hydrogens is 461 g/mol. The molecular formula is C26H32FN7O2. The predicted molar refractivity (Wildman–Crippen MR) is 136 cm³/mol. The Hall–Kier alpha value is -3.53. The number of nitrogens with zero attached hydrogens (tertiary/aromatic N) is 6. The number of likely N-dealkylation sites (N-methyl/N-ethyl adjacent to an activating group) is 1. The van der Waals surface area contributed by atoms with E-state index in [0.29, 0.717) is 34.5 Å². The number of pyridine rings is 2. The van der Waals surface area contributed by atoms with Gasteiger partial charge in [0, 0.05) is 37.2 Å². The number of piperidine rings is 1. The van der Waals surface area contributed by atoms with Gasteiger partial charge in [-0.15, -0.1) is 0 Å². The van der Waals surface area contributed by atoms with E-state index in [-0.39, 0.29) is 23.6 Å². The minimum Gasteiger partial charge on any atom is -0.493 e. The summed E-state index contributed by atoms with van der Waals surface area (Å²) in [4.78, 5) is 28.1. The van der Waals surface area contributed by atoms with Crippen molar-refractivity contribution in [2.75, 3.05) is 40.8 Å². The average Bonchev–Trinajstić information content (AvgIpc) is 3.49. The first-order chi connectivity index (χ1) is 17.3. The van der Waals surface area contributed by atoms with Crippen LogP contribution in [0.2, 0.25) is 0 Å². The fourth-order valence-corrected chi connectivity index (χ4v) is 5.16. The van der Waals surface area contributed by atoms with Crippen molar-refractivity contribution >= 4 is 22.5 Å². The number of aromatic nitrogens is 5. The summed E-state index contributed by atoms with van der Waals surface area (Å²) in [5.41, 5.74) is 4.37. The smallest absolute Gasteiger partial charge is 0.236 e. The van der Waals surface area contributed by atoms with Gasteiger partial charge in [0.2, 0.25) is 5.91 Å². The van der Waals surface area contributed by atoms with Crippen molar-refractivity contribution in [3.8, 4) is 17.0 Å². The number of carbonyl (C=O) groups is 1. The van der Waals surface area contributed by atoms with Gasteiger partial charge in [0.1, 0.15) is 6.33 Å². The van der Waals surface area contributed by atoms with E-state index in [1.165, 1.54) is 6.33 Å². The van der Waals surface area contributed by atoms with Crippen molar-refractivity contribution in [2.45, 2.75) is 38.5 Å². The van der Waals surface area contributed by atoms with E-state index in [1.54, 1.807) is 36.8 Å². The van der Waals surface area contributed by atoms with Crippen LogP contribution in [0, 0.1) is 5.82 Å². The monoisotopic (exact) mass is 493 g/mol. The molecule has 9 nitrogen and oxygen atoms in total. The second-order valence-corrected chi connectivity index (χ2v) is 9.98. The Bertz CT molecular complexity index is 1420. The van der Waals surface area contributed by atoms with Gasteiger partial charge in [-0.2, -0.15) is 5.10 Å². The molecule has 10 heteroatoms. The van der Waals surface area contributed by atoms with Crippen LogP contribution in [-0.2, 0) is 4.79 Å². The van der Waals surface area contributed by atoms with Gasteiger partial charge in [-0.3, -0.25) is 14.7 Å². The van der Waals surface area contributed by atoms with E-state index < -0.39 is 0 Å². The van der Waals surface area contributed by atoms with Gasteiger partial charge < -0.3 is 14.6 Å². The summed E-state index contributed by atoms with van der Waals surface area (Å²) in [6, 6.07) is 1.90. The highest BCUT2D eigenvalue weighted by Crippen LogP contribution is 2.40. The van der Waals surface area contributed by atoms with E-state index in [1.807, 2.05) is 12.3 Å². The van der Waals surface area contributed by atoms with Crippen LogP contribution in [0.1, 0.15) is 49.8 Å². The van der Waals surface area contributed by atoms with Crippen LogP contribution in [0.4, 0.5) is 4.39 Å². The fourth-order valence-electron chi connectivity index (χ4n) is 5.16. The Morgan fingerprint density at radius 1 is 1.28 bits per heavy atom. The molecule has 0 spiro atoms. The van der Waals surface area contributed by atoms with Crippen LogP contribution in [0.15, 0.2) is 24.8 Å². The van der Waals surface area contributed by atoms with Gasteiger partial charge in [0.15, 0.2) is 17.2 Å². The first-order valence-electron chi connectivity index (χ1n) is 12.3. The number of amides is 1. The number of ether oxygens (including phenoxy) is 1. The van der Waals surface area contributed by atoms with Crippen LogP contribution < -0.4 is 4.74 Å². The minimum atomic E-state index is -0.254. The fraction of sp³-hybridized carbons (Fsp3) is 0.462. The predicted octanol–water partition coefficient (Wildman–Crippen LogP) is 3.81. The summed E-state index contributed by atoms with van der Waals surface area (Å²) < 4.78 is 23.4. The highest BCUT2D eigenvalue weighted by atomic mass is 19.1. The van der Waals surface area contributed by atoms with Gasteiger partial charge in [0.25, 0.3) is 0 Å². The number of aromatic amines is 1. The lowest BCUT2D eigenvalue weighted by atomic mass is 9.90. The van der Waals surface area contributed by atoms with E-state index in [0.717, 1.165) is 42.8 Å². The summed E-state index contributed by atoms with van der Waals surface area (Å²) in [7, 11) is 5.13. The van der Waals surface area contributed by atoms with Crippen molar-refractivity contribution in [3.63, 3.8) is 0 Å². The molecule has 1 aliphatic rings. The maximum atomic E-state index is 16.2. The minimum absolute atomic E-state index is 0.0186. The molecule has 5 heterocycles. The van der Waals surface area contributed by atoms with Gasteiger partial charge >= 0.3 is 0 Å². The largest absolute Gasteiger partial charge is 0.493 e. The number of nitrogens with one attached hydrogen (secondary N) is 1. The third-order valence-corrected chi connectivity index (χ3v) is 7.10. The molecule has 1 fully saturated rings. The molecule has 190 valence electrons. The second kappa shape index (κ2) is 9.50. The molecule has 5 rings (SSSR count). The lowest BCUT2D eigenvalue weighted by Gasteiger charge is -2.32. The van der Waals surface area contributed by atoms with Crippen molar-refractivity contribution < 1.29 is 13.9 Å². The van der Waals surface area contributed by atoms with Crippen LogP contribution in [0.5, 0.6) is 5.75 Å². The summed E-state index contributed by atoms with van der Waals surface area (Å²) in [6.07, 6.45) is 6.64. The summed E-state index contributed by atoms with van der Waals surface area (Å²) >= 11 is 0. The highest BCUT2D eigenvalue weighted by molar-refractivity contribution is 5.92. The third-order valence-electron chi connectivity index (χ3n) is 7.10. The average molecular weight is 494 g/mol. The van der Waals surface area contributed by atoms with E-state index in [9.17, 15) is 4.79 Å². The van der Waals surface area contributed by atoms with Crippen LogP contribution in [0.25, 0.3) is 27.8 Å². The molecule has 0 bridgehead atoms. The maximum Gasteiger partial charge on any atom is 0.236 e. The second-order valence-electron chi connectivity index (χ2n) is 9.98. The first-order valence-corrected chi connectivity index (χ1v) is 12.3. The van der Waals surface area contributed by atoms with Crippen molar-refractivity contribution in [2.24, 2.45) is 0 Å². The number of hydrogen-bond acceptors (Lipinski definition) is 6. The number of carbonyl (C=O) groups excluding carboxylic acids is 1. The Morgan fingerprint density at radius 2 is 2.03 bits per heavy atom. The molecule has 0 radical (unpaired) electrons. The molecule has 0 unspecified atom stereocenters. The molecule has 1 saturated heterocycles. The number of rotatable bonds is 6. The Labute approximate surface area is 209 Å². The SMILES string of the molecule is COc1cc(-c2[nH]c3cnc(C4CCN(CC(=O)N(C)C)CC4)c(F)c3c2C(C)C)cn2ncnc12. The van der Waals surface area contributed by atoms with Crippen LogP contribution >= 0.6 is 0 Å². The molecule has 0 aliphatic carbocycles. The Balaban J connectivity index is 1.51. The molecule has 0 saturated carbocycles. The highest BCUT2D eigenvalue weighted by Gasteiger charge is 2.29. The molecule has 4 aromatic heterocycles. The molecule has 36 heavy (non-hydrogen) atoms. The molecule has 1 N–H and O–H groups in total. The van der Waals surface area contributed by atoms with Crippen molar-refractivity contribution in [3.05, 3.63) is 41.9 Å². The third kappa shape index (κ3) is 4.19. The number of likely N-dealkylation sites (tertiary alicyclic amines) is 1. The molecule has 1 amide bonds. The van der Waals surface area contributed by atoms with Crippen LogP contribution in [-0.4, -0.2) is 81.1 Å². The molecule has 4 aromatic rings. The number of methoxy groups -OCH3 is 1. The van der Waals surface area contributed by atoms with Crippen LogP contribution in [0.3, 0.4) is 0 Å². The lowest BCUT2D eigenvalue weighted by molar-refractivity contribution is -0.130. The lowest BCUT2D eigenvalue weighted by Crippen LogP contribution is -2.40. The first kappa shape index (κ1) is 24.2. The Morgan fingerprint density at radius 3 is 2.69 bits per heavy atom. The maximum absolute atomic E-state index is 16.2. The normalized spacial score (nSPS) is 15.3. The van der Waals surface area contributed by atoms with Gasteiger partial charge in [-0.25, -0.2) is 13.9 Å². The molecule has 0 atom stereocenters. The van der Waals surface area contributed by atoms with E-state index in [2.05, 4.69) is 38.8 Å². The Kier molecular flexibility index (Phi) is 6.38. The topological polar surface area (TPSA) is 91.7 Å². The zero-order chi connectivity index (χ0) is 25.6. The van der Waals surface area contributed by atoms with Gasteiger partial charge in [-0.1, -0.05) is 13.8 Å². The number of hydrogen-bond donors (Lipinski definition) is 1. The quantitative estimate of drug-likeness (QED) is 0.439. The summed E-state index contributed by atoms with van der Waals surface area (Å²) in [6.45, 7) is 6.02. The molecule has 1 aliphatic heterocycles. The summed E-state index contributed by atoms with van der Waals surface area (Å²) in [5.74, 6) is 0.508. The zero-order valence-corrected chi connectivity index (χ0v) is 21.4. The summed E-state index contributed by atoms with van der Waals surface area (Å²) in [5, 5.41) is 4.86. The van der Waals surface area contributed by atoms with Crippen molar-refractivity contribution in [1.29, 1.82) is 0 Å². The van der Waals surface area contributed by atoms with E-state index >= 15 is 4.39 Å². The number of H-pyrrole nitrogens is 1. The zero-order valence-electron chi connectivity index (χ0n) is 21.4. The number of fused-ring (bicyclic) bond motifs is 2. The standard InChI is InChI=1S/C26H32FN7O2/c1-15(2)21-22-18(31-24(21)17-10-19(36-5)26-29-14-30-34(26)12-17)11-28-25(23(22)27)16-6-8-33(9-7-16)13-20(35)32(3)4/h10-12,14-16,31H,6-9,13H2,1-5H3. The van der Waals surface area contributed by atoms with Gasteiger partial charge in [0.05, 0.1) is 36.8 Å².